The summed E-state index contributed by atoms with van der Waals surface area (Å²) in [6.45, 7) is 0.384. The Balaban J connectivity index is 1.77. The molecule has 2 aromatic rings. The van der Waals surface area contributed by atoms with Crippen molar-refractivity contribution in [2.45, 2.75) is 5.92 Å². The highest BCUT2D eigenvalue weighted by Crippen LogP contribution is 2.48. The molecular weight excluding hydrogens is 330 g/mol. The van der Waals surface area contributed by atoms with Gasteiger partial charge in [-0.05, 0) is 17.7 Å². The lowest BCUT2D eigenvalue weighted by atomic mass is 9.80. The third kappa shape index (κ3) is 2.03. The number of rotatable bonds is 2. The van der Waals surface area contributed by atoms with Crippen LogP contribution in [0.25, 0.3) is 0 Å². The van der Waals surface area contributed by atoms with Gasteiger partial charge >= 0.3 is 11.9 Å². The first-order valence-electron chi connectivity index (χ1n) is 8.46. The second-order valence-corrected chi connectivity index (χ2v) is 6.39. The number of cyclic esters (lactones) is 2. The molecule has 0 amide bonds. The van der Waals surface area contributed by atoms with E-state index in [0.717, 1.165) is 22.6 Å². The van der Waals surface area contributed by atoms with Crippen LogP contribution in [-0.2, 0) is 19.1 Å². The summed E-state index contributed by atoms with van der Waals surface area (Å²) in [5, 5.41) is 0. The summed E-state index contributed by atoms with van der Waals surface area (Å²) in [6.07, 6.45) is 0. The molecule has 0 spiro atoms. The Kier molecular flexibility index (Phi) is 3.22. The van der Waals surface area contributed by atoms with Gasteiger partial charge in [-0.15, -0.1) is 0 Å². The van der Waals surface area contributed by atoms with Crippen molar-refractivity contribution in [3.8, 4) is 0 Å². The second-order valence-electron chi connectivity index (χ2n) is 6.39. The molecule has 26 heavy (non-hydrogen) atoms. The minimum absolute atomic E-state index is 0.192. The summed E-state index contributed by atoms with van der Waals surface area (Å²) in [7, 11) is 0. The Morgan fingerprint density at radius 1 is 0.731 bits per heavy atom. The fourth-order valence-corrected chi connectivity index (χ4v) is 3.93. The quantitative estimate of drug-likeness (QED) is 0.784. The Morgan fingerprint density at radius 2 is 1.23 bits per heavy atom. The van der Waals surface area contributed by atoms with Gasteiger partial charge in [0.15, 0.2) is 0 Å². The lowest BCUT2D eigenvalue weighted by molar-refractivity contribution is -0.136. The number of hydrogen-bond donors (Lipinski definition) is 0. The van der Waals surface area contributed by atoms with E-state index in [2.05, 4.69) is 0 Å². The Bertz CT molecular complexity index is 934. The number of para-hydroxylation sites is 1. The third-order valence-corrected chi connectivity index (χ3v) is 5.01. The second kappa shape index (κ2) is 5.59. The molecule has 0 radical (unpaired) electrons. The highest BCUT2D eigenvalue weighted by molar-refractivity contribution is 6.04. The molecule has 0 aliphatic carbocycles. The van der Waals surface area contributed by atoms with E-state index >= 15 is 0 Å². The van der Waals surface area contributed by atoms with Crippen molar-refractivity contribution < 1.29 is 19.1 Å². The van der Waals surface area contributed by atoms with Crippen molar-refractivity contribution in [1.29, 1.82) is 0 Å². The summed E-state index contributed by atoms with van der Waals surface area (Å²) in [4.78, 5) is 27.1. The summed E-state index contributed by atoms with van der Waals surface area (Å²) < 4.78 is 10.7. The van der Waals surface area contributed by atoms with E-state index in [9.17, 15) is 9.59 Å². The normalized spacial score (nSPS) is 19.5. The molecule has 2 aromatic carbocycles. The average molecular weight is 345 g/mol. The van der Waals surface area contributed by atoms with Crippen molar-refractivity contribution in [1.82, 2.24) is 0 Å². The topological polar surface area (TPSA) is 55.8 Å². The van der Waals surface area contributed by atoms with E-state index in [1.807, 2.05) is 65.6 Å². The molecular formula is C21H15NO4. The zero-order chi connectivity index (χ0) is 17.7. The molecule has 5 rings (SSSR count). The molecule has 3 heterocycles. The Morgan fingerprint density at radius 3 is 1.77 bits per heavy atom. The molecule has 0 unspecified atom stereocenters. The number of anilines is 1. The molecule has 3 aliphatic heterocycles. The monoisotopic (exact) mass is 345 g/mol. The molecule has 0 fully saturated rings. The fourth-order valence-electron chi connectivity index (χ4n) is 3.93. The summed E-state index contributed by atoms with van der Waals surface area (Å²) in [5.74, 6) is -1.20. The van der Waals surface area contributed by atoms with Gasteiger partial charge in [0.05, 0.1) is 28.5 Å². The van der Waals surface area contributed by atoms with Crippen LogP contribution >= 0.6 is 0 Å². The molecule has 128 valence electrons. The summed E-state index contributed by atoms with van der Waals surface area (Å²) in [6, 6.07) is 19.2. The molecule has 0 N–H and O–H groups in total. The number of benzene rings is 2. The Hall–Kier alpha value is -3.34. The number of hydrogen-bond acceptors (Lipinski definition) is 5. The van der Waals surface area contributed by atoms with Crippen molar-refractivity contribution in [2.75, 3.05) is 18.1 Å². The van der Waals surface area contributed by atoms with Gasteiger partial charge < -0.3 is 14.4 Å². The predicted molar refractivity (Wildman–Crippen MR) is 94.1 cm³/mol. The largest absolute Gasteiger partial charge is 0.456 e. The highest BCUT2D eigenvalue weighted by Gasteiger charge is 2.48. The number of carbonyl (C=O) groups excluding carboxylic acids is 2. The van der Waals surface area contributed by atoms with Crippen molar-refractivity contribution >= 4 is 17.6 Å². The lowest BCUT2D eigenvalue weighted by Crippen LogP contribution is -2.32. The van der Waals surface area contributed by atoms with Gasteiger partial charge in [-0.25, -0.2) is 9.59 Å². The molecule has 0 bridgehead atoms. The zero-order valence-corrected chi connectivity index (χ0v) is 13.8. The van der Waals surface area contributed by atoms with Crippen LogP contribution in [0, 0.1) is 0 Å². The van der Waals surface area contributed by atoms with E-state index in [0.29, 0.717) is 11.1 Å². The first kappa shape index (κ1) is 15.0. The molecule has 0 saturated carbocycles. The zero-order valence-electron chi connectivity index (χ0n) is 13.8. The van der Waals surface area contributed by atoms with Gasteiger partial charge in [0.1, 0.15) is 13.2 Å². The van der Waals surface area contributed by atoms with Crippen LogP contribution in [0.4, 0.5) is 5.69 Å². The predicted octanol–water partition coefficient (Wildman–Crippen LogP) is 2.91. The van der Waals surface area contributed by atoms with Crippen LogP contribution in [0.15, 0.2) is 83.2 Å². The number of nitrogens with zero attached hydrogens (tertiary/aromatic N) is 1. The average Bonchev–Trinajstić information content (AvgIpc) is 3.25. The van der Waals surface area contributed by atoms with Crippen LogP contribution in [0.3, 0.4) is 0 Å². The number of carbonyl (C=O) groups is 2. The smallest absolute Gasteiger partial charge is 0.337 e. The molecule has 5 nitrogen and oxygen atoms in total. The molecule has 0 saturated heterocycles. The van der Waals surface area contributed by atoms with Crippen LogP contribution in [0.1, 0.15) is 11.5 Å². The summed E-state index contributed by atoms with van der Waals surface area (Å²) >= 11 is 0. The van der Waals surface area contributed by atoms with E-state index < -0.39 is 5.92 Å². The first-order valence-corrected chi connectivity index (χ1v) is 8.46. The minimum atomic E-state index is -0.453. The molecule has 0 atom stereocenters. The molecule has 3 aliphatic rings. The van der Waals surface area contributed by atoms with Gasteiger partial charge in [0.2, 0.25) is 0 Å². The van der Waals surface area contributed by atoms with E-state index in [-0.39, 0.29) is 25.2 Å². The van der Waals surface area contributed by atoms with Crippen molar-refractivity contribution in [3.63, 3.8) is 0 Å². The third-order valence-electron chi connectivity index (χ3n) is 5.01. The Labute approximate surface area is 150 Å². The van der Waals surface area contributed by atoms with E-state index in [4.69, 9.17) is 9.47 Å². The minimum Gasteiger partial charge on any atom is -0.456 e. The number of esters is 2. The number of ether oxygens (including phenoxy) is 2. The highest BCUT2D eigenvalue weighted by atomic mass is 16.5. The standard InChI is InChI=1S/C21H15NO4/c23-20-18-15(11-25-20)22(14-9-5-2-6-10-14)16-12-26-21(24)19(16)17(18)13-7-3-1-4-8-13/h1-10,17H,11-12H2. The summed E-state index contributed by atoms with van der Waals surface area (Å²) in [5.41, 5.74) is 4.39. The fraction of sp³-hybridized carbons (Fsp3) is 0.143. The van der Waals surface area contributed by atoms with Crippen LogP contribution in [0.2, 0.25) is 0 Å². The van der Waals surface area contributed by atoms with Crippen molar-refractivity contribution in [3.05, 3.63) is 88.8 Å². The van der Waals surface area contributed by atoms with E-state index in [1.165, 1.54) is 0 Å². The van der Waals surface area contributed by atoms with Gasteiger partial charge in [-0.3, -0.25) is 0 Å². The van der Waals surface area contributed by atoms with E-state index in [1.54, 1.807) is 0 Å². The van der Waals surface area contributed by atoms with Gasteiger partial charge in [-0.2, -0.15) is 0 Å². The van der Waals surface area contributed by atoms with Crippen molar-refractivity contribution in [2.24, 2.45) is 0 Å². The maximum Gasteiger partial charge on any atom is 0.337 e. The molecule has 0 aromatic heterocycles. The van der Waals surface area contributed by atoms with Gasteiger partial charge in [0, 0.05) is 5.69 Å². The van der Waals surface area contributed by atoms with Gasteiger partial charge in [-0.1, -0.05) is 48.5 Å². The lowest BCUT2D eigenvalue weighted by Gasteiger charge is -2.33. The maximum atomic E-state index is 12.6. The molecule has 5 heteroatoms. The van der Waals surface area contributed by atoms with Crippen LogP contribution < -0.4 is 4.90 Å². The first-order chi connectivity index (χ1) is 12.8. The van der Waals surface area contributed by atoms with Gasteiger partial charge in [0.25, 0.3) is 0 Å². The van der Waals surface area contributed by atoms with Crippen LogP contribution in [-0.4, -0.2) is 25.2 Å². The SMILES string of the molecule is O=C1OCC2=C1C(c1ccccc1)C1=C(COC1=O)N2c1ccccc1. The van der Waals surface area contributed by atoms with Crippen LogP contribution in [0.5, 0.6) is 0 Å². The maximum absolute atomic E-state index is 12.6.